The van der Waals surface area contributed by atoms with E-state index in [2.05, 4.69) is 43.4 Å². The van der Waals surface area contributed by atoms with Crippen LogP contribution in [0.5, 0.6) is 0 Å². The Bertz CT molecular complexity index is 414. The molecule has 2 heterocycles. The summed E-state index contributed by atoms with van der Waals surface area (Å²) >= 11 is 0. The Labute approximate surface area is 116 Å². The largest absolute Gasteiger partial charge is 0.375 e. The lowest BCUT2D eigenvalue weighted by atomic mass is 9.81. The molecule has 1 aromatic carbocycles. The second-order valence-corrected chi connectivity index (χ2v) is 6.13. The van der Waals surface area contributed by atoms with Crippen molar-refractivity contribution in [1.82, 2.24) is 5.32 Å². The molecule has 3 rings (SSSR count). The zero-order valence-electron chi connectivity index (χ0n) is 12.1. The highest BCUT2D eigenvalue weighted by Gasteiger charge is 2.43. The number of fused-ring (bicyclic) bond motifs is 2. The zero-order valence-corrected chi connectivity index (χ0v) is 12.1. The van der Waals surface area contributed by atoms with Crippen LogP contribution in [0.25, 0.3) is 0 Å². The fraction of sp³-hybridized carbons (Fsp3) is 0.647. The predicted molar refractivity (Wildman–Crippen MR) is 78.3 cm³/mol. The van der Waals surface area contributed by atoms with Crippen LogP contribution in [0.1, 0.15) is 37.3 Å². The summed E-state index contributed by atoms with van der Waals surface area (Å²) in [6.07, 6.45) is 6.00. The van der Waals surface area contributed by atoms with E-state index in [1.165, 1.54) is 30.4 Å². The highest BCUT2D eigenvalue weighted by molar-refractivity contribution is 5.22. The van der Waals surface area contributed by atoms with Crippen molar-refractivity contribution >= 4 is 0 Å². The van der Waals surface area contributed by atoms with Crippen molar-refractivity contribution in [2.75, 3.05) is 6.54 Å². The molecule has 2 aliphatic rings. The van der Waals surface area contributed by atoms with Crippen molar-refractivity contribution in [2.24, 2.45) is 5.92 Å². The van der Waals surface area contributed by atoms with Gasteiger partial charge in [-0.1, -0.05) is 36.8 Å². The molecular formula is C17H25NO. The van der Waals surface area contributed by atoms with Gasteiger partial charge < -0.3 is 10.1 Å². The fourth-order valence-electron chi connectivity index (χ4n) is 3.72. The topological polar surface area (TPSA) is 21.3 Å². The van der Waals surface area contributed by atoms with Gasteiger partial charge in [-0.3, -0.25) is 0 Å². The van der Waals surface area contributed by atoms with Crippen LogP contribution in [0.2, 0.25) is 0 Å². The van der Waals surface area contributed by atoms with Gasteiger partial charge in [0.15, 0.2) is 0 Å². The van der Waals surface area contributed by atoms with E-state index in [1.807, 2.05) is 0 Å². The predicted octanol–water partition coefficient (Wildman–Crippen LogP) is 3.08. The SMILES string of the molecule is CCNC(Cc1ccc(C)cc1)C1CC2CCC1O2. The monoisotopic (exact) mass is 259 g/mol. The van der Waals surface area contributed by atoms with Crippen LogP contribution in [-0.4, -0.2) is 24.8 Å². The van der Waals surface area contributed by atoms with Gasteiger partial charge in [0.05, 0.1) is 12.2 Å². The molecule has 0 radical (unpaired) electrons. The number of nitrogens with one attached hydrogen (secondary N) is 1. The molecule has 2 aliphatic heterocycles. The minimum atomic E-state index is 0.513. The summed E-state index contributed by atoms with van der Waals surface area (Å²) in [5.41, 5.74) is 2.78. The first-order valence-electron chi connectivity index (χ1n) is 7.70. The van der Waals surface area contributed by atoms with E-state index in [-0.39, 0.29) is 0 Å². The Kier molecular flexibility index (Phi) is 3.90. The molecule has 4 atom stereocenters. The van der Waals surface area contributed by atoms with Gasteiger partial charge in [-0.2, -0.15) is 0 Å². The maximum atomic E-state index is 6.03. The van der Waals surface area contributed by atoms with Crippen molar-refractivity contribution in [2.45, 2.75) is 57.8 Å². The first-order chi connectivity index (χ1) is 9.26. The Balaban J connectivity index is 1.68. The highest BCUT2D eigenvalue weighted by atomic mass is 16.5. The second-order valence-electron chi connectivity index (χ2n) is 6.13. The molecule has 2 bridgehead atoms. The average molecular weight is 259 g/mol. The molecule has 1 aromatic rings. The van der Waals surface area contributed by atoms with Crippen LogP contribution in [0.15, 0.2) is 24.3 Å². The molecule has 104 valence electrons. The van der Waals surface area contributed by atoms with E-state index in [4.69, 9.17) is 4.74 Å². The first-order valence-corrected chi connectivity index (χ1v) is 7.70. The van der Waals surface area contributed by atoms with Crippen molar-refractivity contribution in [3.8, 4) is 0 Å². The fourth-order valence-corrected chi connectivity index (χ4v) is 3.72. The van der Waals surface area contributed by atoms with Crippen LogP contribution in [0.4, 0.5) is 0 Å². The van der Waals surface area contributed by atoms with E-state index in [0.29, 0.717) is 24.2 Å². The van der Waals surface area contributed by atoms with Gasteiger partial charge in [-0.15, -0.1) is 0 Å². The average Bonchev–Trinajstić information content (AvgIpc) is 3.03. The summed E-state index contributed by atoms with van der Waals surface area (Å²) in [6, 6.07) is 9.55. The van der Waals surface area contributed by atoms with Crippen molar-refractivity contribution in [1.29, 1.82) is 0 Å². The Hall–Kier alpha value is -0.860. The van der Waals surface area contributed by atoms with E-state index in [1.54, 1.807) is 0 Å². The van der Waals surface area contributed by atoms with Crippen LogP contribution in [-0.2, 0) is 11.2 Å². The Morgan fingerprint density at radius 1 is 1.26 bits per heavy atom. The van der Waals surface area contributed by atoms with Crippen LogP contribution in [0.3, 0.4) is 0 Å². The molecule has 2 heteroatoms. The molecule has 2 fully saturated rings. The van der Waals surface area contributed by atoms with Gasteiger partial charge in [-0.25, -0.2) is 0 Å². The summed E-state index contributed by atoms with van der Waals surface area (Å²) in [4.78, 5) is 0. The van der Waals surface area contributed by atoms with Crippen molar-refractivity contribution < 1.29 is 4.74 Å². The molecule has 0 aliphatic carbocycles. The summed E-state index contributed by atoms with van der Waals surface area (Å²) in [5.74, 6) is 0.708. The molecule has 0 saturated carbocycles. The smallest absolute Gasteiger partial charge is 0.0623 e. The zero-order chi connectivity index (χ0) is 13.2. The molecule has 0 spiro atoms. The third-order valence-electron chi connectivity index (χ3n) is 4.71. The number of hydrogen-bond acceptors (Lipinski definition) is 2. The molecule has 2 nitrogen and oxygen atoms in total. The number of aryl methyl sites for hydroxylation is 1. The number of rotatable bonds is 5. The minimum absolute atomic E-state index is 0.513. The van der Waals surface area contributed by atoms with Gasteiger partial charge in [0.1, 0.15) is 0 Å². The maximum Gasteiger partial charge on any atom is 0.0623 e. The molecule has 2 saturated heterocycles. The summed E-state index contributed by atoms with van der Waals surface area (Å²) in [7, 11) is 0. The number of likely N-dealkylation sites (N-methyl/N-ethyl adjacent to an activating group) is 1. The Morgan fingerprint density at radius 2 is 2.05 bits per heavy atom. The normalized spacial score (nSPS) is 30.7. The van der Waals surface area contributed by atoms with Crippen molar-refractivity contribution in [3.63, 3.8) is 0 Å². The van der Waals surface area contributed by atoms with Gasteiger partial charge >= 0.3 is 0 Å². The highest BCUT2D eigenvalue weighted by Crippen LogP contribution is 2.41. The van der Waals surface area contributed by atoms with Crippen LogP contribution < -0.4 is 5.32 Å². The lowest BCUT2D eigenvalue weighted by Crippen LogP contribution is -2.42. The minimum Gasteiger partial charge on any atom is -0.375 e. The second kappa shape index (κ2) is 5.64. The van der Waals surface area contributed by atoms with Crippen LogP contribution >= 0.6 is 0 Å². The van der Waals surface area contributed by atoms with E-state index >= 15 is 0 Å². The molecule has 4 unspecified atom stereocenters. The maximum absolute atomic E-state index is 6.03. The summed E-state index contributed by atoms with van der Waals surface area (Å²) < 4.78 is 6.03. The number of benzene rings is 1. The number of hydrogen-bond donors (Lipinski definition) is 1. The first kappa shape index (κ1) is 13.1. The standard InChI is InChI=1S/C17H25NO/c1-3-18-16(10-13-6-4-12(2)5-7-13)15-11-14-8-9-17(15)19-14/h4-7,14-18H,3,8-11H2,1-2H3. The Morgan fingerprint density at radius 3 is 2.63 bits per heavy atom. The van der Waals surface area contributed by atoms with E-state index in [0.717, 1.165) is 13.0 Å². The van der Waals surface area contributed by atoms with Gasteiger partial charge in [-0.05, 0) is 44.7 Å². The van der Waals surface area contributed by atoms with Gasteiger partial charge in [0.2, 0.25) is 0 Å². The van der Waals surface area contributed by atoms with E-state index < -0.39 is 0 Å². The van der Waals surface area contributed by atoms with E-state index in [9.17, 15) is 0 Å². The number of ether oxygens (including phenoxy) is 1. The van der Waals surface area contributed by atoms with Gasteiger partial charge in [0.25, 0.3) is 0 Å². The summed E-state index contributed by atoms with van der Waals surface area (Å²) in [5, 5.41) is 3.69. The van der Waals surface area contributed by atoms with Gasteiger partial charge in [0, 0.05) is 12.0 Å². The quantitative estimate of drug-likeness (QED) is 0.877. The lowest BCUT2D eigenvalue weighted by molar-refractivity contribution is 0.0858. The molecule has 0 amide bonds. The third kappa shape index (κ3) is 2.85. The molecule has 0 aromatic heterocycles. The van der Waals surface area contributed by atoms with Crippen molar-refractivity contribution in [3.05, 3.63) is 35.4 Å². The molecular weight excluding hydrogens is 234 g/mol. The summed E-state index contributed by atoms with van der Waals surface area (Å²) in [6.45, 7) is 5.40. The molecule has 19 heavy (non-hydrogen) atoms. The molecule has 1 N–H and O–H groups in total. The lowest BCUT2D eigenvalue weighted by Gasteiger charge is -2.29. The van der Waals surface area contributed by atoms with Crippen LogP contribution in [0, 0.1) is 12.8 Å². The third-order valence-corrected chi connectivity index (χ3v) is 4.71.